The van der Waals surface area contributed by atoms with Gasteiger partial charge in [-0.3, -0.25) is 0 Å². The van der Waals surface area contributed by atoms with Gasteiger partial charge in [-0.25, -0.2) is 8.42 Å². The molecule has 3 aromatic carbocycles. The van der Waals surface area contributed by atoms with Crippen LogP contribution in [0.2, 0.25) is 5.02 Å². The van der Waals surface area contributed by atoms with E-state index >= 15 is 0 Å². The fraction of sp³-hybridized carbons (Fsp3) is 0.136. The average molecular weight is 485 g/mol. The number of carbonyl (C=O) groups is 1. The van der Waals surface area contributed by atoms with Gasteiger partial charge in [0.2, 0.25) is 0 Å². The summed E-state index contributed by atoms with van der Waals surface area (Å²) in [7, 11) is -4.08. The molecule has 1 unspecified atom stereocenters. The van der Waals surface area contributed by atoms with Crippen molar-refractivity contribution in [1.29, 1.82) is 0 Å². The summed E-state index contributed by atoms with van der Waals surface area (Å²) in [6.45, 7) is 0. The van der Waals surface area contributed by atoms with Gasteiger partial charge in [0.1, 0.15) is 5.60 Å². The smallest absolute Gasteiger partial charge is 0.547 e. The van der Waals surface area contributed by atoms with Crippen molar-refractivity contribution in [3.05, 3.63) is 83.9 Å². The molecule has 3 rings (SSSR count). The fourth-order valence-corrected chi connectivity index (χ4v) is 5.57. The molecule has 0 amide bonds. The molecule has 0 spiro atoms. The van der Waals surface area contributed by atoms with Gasteiger partial charge in [-0.05, 0) is 47.5 Å². The maximum atomic E-state index is 12.8. The van der Waals surface area contributed by atoms with E-state index in [0.717, 1.165) is 22.9 Å². The van der Waals surface area contributed by atoms with Crippen molar-refractivity contribution in [2.24, 2.45) is 0 Å². The van der Waals surface area contributed by atoms with Crippen molar-refractivity contribution in [3.8, 4) is 11.1 Å². The summed E-state index contributed by atoms with van der Waals surface area (Å²) in [5, 5.41) is 22.7. The number of sulfone groups is 1. The van der Waals surface area contributed by atoms with Crippen molar-refractivity contribution >= 4 is 39.2 Å². The average Bonchev–Trinajstić information content (AvgIpc) is 2.73. The molecule has 0 saturated heterocycles. The minimum absolute atomic E-state index is 0. The van der Waals surface area contributed by atoms with Crippen LogP contribution in [0.4, 0.5) is 0 Å². The normalized spacial score (nSPS) is 13.1. The van der Waals surface area contributed by atoms with Crippen LogP contribution in [0.15, 0.2) is 88.7 Å². The molecule has 0 radical (unpaired) electrons. The molecule has 0 aliphatic rings. The van der Waals surface area contributed by atoms with Crippen molar-refractivity contribution in [2.45, 2.75) is 15.4 Å². The Morgan fingerprint density at radius 2 is 1.45 bits per heavy atom. The molecule has 0 aliphatic carbocycles. The van der Waals surface area contributed by atoms with Crippen LogP contribution in [0.1, 0.15) is 0 Å². The van der Waals surface area contributed by atoms with E-state index in [2.05, 4.69) is 0 Å². The number of carbonyl (C=O) groups excluding carboxylic acids is 1. The molecule has 0 bridgehead atoms. The maximum Gasteiger partial charge on any atom is 1.00 e. The molecule has 3 aromatic rings. The molecular formula is C22H18ClNaO5S2. The van der Waals surface area contributed by atoms with Crippen LogP contribution >= 0.6 is 23.4 Å². The predicted octanol–water partition coefficient (Wildman–Crippen LogP) is 0.0580. The van der Waals surface area contributed by atoms with Crippen molar-refractivity contribution in [3.63, 3.8) is 0 Å². The fourth-order valence-electron chi connectivity index (χ4n) is 2.77. The molecule has 156 valence electrons. The monoisotopic (exact) mass is 484 g/mol. The summed E-state index contributed by atoms with van der Waals surface area (Å²) < 4.78 is 25.6. The Bertz CT molecular complexity index is 1120. The minimum Gasteiger partial charge on any atom is -0.547 e. The van der Waals surface area contributed by atoms with E-state index in [4.69, 9.17) is 11.6 Å². The molecule has 0 aromatic heterocycles. The van der Waals surface area contributed by atoms with Crippen LogP contribution in [0, 0.1) is 0 Å². The summed E-state index contributed by atoms with van der Waals surface area (Å²) in [5.41, 5.74) is -0.900. The third-order valence-electron chi connectivity index (χ3n) is 4.42. The maximum absolute atomic E-state index is 12.8. The number of rotatable bonds is 8. The zero-order valence-electron chi connectivity index (χ0n) is 16.7. The van der Waals surface area contributed by atoms with Crippen LogP contribution in [-0.2, 0) is 14.6 Å². The van der Waals surface area contributed by atoms with Crippen LogP contribution in [0.25, 0.3) is 11.1 Å². The quantitative estimate of drug-likeness (QED) is 0.359. The number of benzene rings is 3. The Hall–Kier alpha value is -1.32. The first-order valence-corrected chi connectivity index (χ1v) is 11.9. The van der Waals surface area contributed by atoms with Gasteiger partial charge in [0.05, 0.1) is 16.6 Å². The predicted molar refractivity (Wildman–Crippen MR) is 116 cm³/mol. The van der Waals surface area contributed by atoms with Crippen LogP contribution in [0.3, 0.4) is 0 Å². The Balaban J connectivity index is 0.00000341. The molecule has 1 atom stereocenters. The van der Waals surface area contributed by atoms with E-state index in [-0.39, 0.29) is 40.2 Å². The van der Waals surface area contributed by atoms with Crippen LogP contribution < -0.4 is 34.7 Å². The second-order valence-corrected chi connectivity index (χ2v) is 10.2. The van der Waals surface area contributed by atoms with Gasteiger partial charge in [0.15, 0.2) is 9.84 Å². The molecule has 0 aliphatic heterocycles. The Morgan fingerprint density at radius 1 is 0.935 bits per heavy atom. The second kappa shape index (κ2) is 11.0. The van der Waals surface area contributed by atoms with Crippen molar-refractivity contribution < 1.29 is 53.0 Å². The van der Waals surface area contributed by atoms with Gasteiger partial charge >= 0.3 is 29.6 Å². The van der Waals surface area contributed by atoms with Gasteiger partial charge in [0, 0.05) is 15.7 Å². The second-order valence-electron chi connectivity index (χ2n) is 6.71. The number of aliphatic hydroxyl groups is 1. The van der Waals surface area contributed by atoms with Gasteiger partial charge in [0.25, 0.3) is 0 Å². The molecular weight excluding hydrogens is 467 g/mol. The summed E-state index contributed by atoms with van der Waals surface area (Å²) in [6.07, 6.45) is 0. The number of carboxylic acid groups (broad SMARTS) is 1. The first-order chi connectivity index (χ1) is 14.2. The van der Waals surface area contributed by atoms with E-state index in [1.165, 1.54) is 12.1 Å². The molecule has 0 saturated carbocycles. The van der Waals surface area contributed by atoms with Gasteiger partial charge in [-0.15, -0.1) is 11.8 Å². The molecule has 9 heteroatoms. The topological polar surface area (TPSA) is 94.5 Å². The summed E-state index contributed by atoms with van der Waals surface area (Å²) >= 11 is 6.92. The first-order valence-electron chi connectivity index (χ1n) is 8.90. The first kappa shape index (κ1) is 25.9. The van der Waals surface area contributed by atoms with Gasteiger partial charge < -0.3 is 15.0 Å². The molecule has 0 heterocycles. The number of thioether (sulfide) groups is 1. The molecule has 0 fully saturated rings. The van der Waals surface area contributed by atoms with E-state index in [1.807, 2.05) is 12.1 Å². The Kier molecular flexibility index (Phi) is 9.21. The number of aliphatic carboxylic acids is 1. The number of hydrogen-bond acceptors (Lipinski definition) is 6. The molecule has 31 heavy (non-hydrogen) atoms. The molecule has 5 nitrogen and oxygen atoms in total. The number of carboxylic acids is 1. The molecule has 1 N–H and O–H groups in total. The van der Waals surface area contributed by atoms with E-state index in [9.17, 15) is 23.4 Å². The summed E-state index contributed by atoms with van der Waals surface area (Å²) in [6, 6.07) is 21.9. The third kappa shape index (κ3) is 6.83. The van der Waals surface area contributed by atoms with Crippen LogP contribution in [0.5, 0.6) is 0 Å². The SMILES string of the molecule is O=C([O-])C(O)(CSc1ccccc1)CS(=O)(=O)c1ccc(-c2ccc(Cl)cc2)cc1.[Na+]. The van der Waals surface area contributed by atoms with Crippen LogP contribution in [-0.4, -0.2) is 36.6 Å². The third-order valence-corrected chi connectivity index (χ3v) is 7.75. The minimum atomic E-state index is -4.08. The summed E-state index contributed by atoms with van der Waals surface area (Å²) in [4.78, 5) is 12.2. The van der Waals surface area contributed by atoms with Crippen molar-refractivity contribution in [2.75, 3.05) is 11.5 Å². The van der Waals surface area contributed by atoms with Gasteiger partial charge in [-0.2, -0.15) is 0 Å². The van der Waals surface area contributed by atoms with E-state index in [1.54, 1.807) is 54.6 Å². The summed E-state index contributed by atoms with van der Waals surface area (Å²) in [5.74, 6) is -3.17. The zero-order chi connectivity index (χ0) is 21.8. The van der Waals surface area contributed by atoms with E-state index in [0.29, 0.717) is 9.92 Å². The zero-order valence-corrected chi connectivity index (χ0v) is 21.1. The van der Waals surface area contributed by atoms with Crippen molar-refractivity contribution in [1.82, 2.24) is 0 Å². The number of hydrogen-bond donors (Lipinski definition) is 1. The standard InChI is InChI=1S/C22H19ClO5S2.Na/c23-18-10-6-16(7-11-18)17-8-12-20(13-9-17)30(27,28)15-22(26,21(24)25)14-29-19-4-2-1-3-5-19;/h1-13,26H,14-15H2,(H,24,25);/q;+1/p-1. The largest absolute Gasteiger partial charge is 1.00 e. The van der Waals surface area contributed by atoms with E-state index < -0.39 is 27.2 Å². The Labute approximate surface area is 212 Å². The number of halogens is 1. The Morgan fingerprint density at radius 3 is 1.97 bits per heavy atom. The van der Waals surface area contributed by atoms with Gasteiger partial charge in [-0.1, -0.05) is 54.1 Å².